The Morgan fingerprint density at radius 3 is 2.71 bits per heavy atom. The fourth-order valence-electron chi connectivity index (χ4n) is 2.95. The highest BCUT2D eigenvalue weighted by Gasteiger charge is 2.17. The number of thiophene rings is 1. The van der Waals surface area contributed by atoms with E-state index in [-0.39, 0.29) is 23.8 Å². The number of nitrogens with one attached hydrogen (secondary N) is 1. The lowest BCUT2D eigenvalue weighted by molar-refractivity contribution is -0.113. The molecule has 0 fully saturated rings. The molecule has 1 N–H and O–H groups in total. The predicted molar refractivity (Wildman–Crippen MR) is 127 cm³/mol. The number of hydrogen-bond donors (Lipinski definition) is 1. The lowest BCUT2D eigenvalue weighted by atomic mass is 10.3. The number of fused-ring (bicyclic) bond motifs is 1. The van der Waals surface area contributed by atoms with Gasteiger partial charge < -0.3 is 9.73 Å². The second kappa shape index (κ2) is 9.48. The smallest absolute Gasteiger partial charge is 0.263 e. The van der Waals surface area contributed by atoms with Gasteiger partial charge in [0.15, 0.2) is 5.16 Å². The largest absolute Gasteiger partial charge is 0.467 e. The lowest BCUT2D eigenvalue weighted by Gasteiger charge is -2.12. The van der Waals surface area contributed by atoms with Crippen molar-refractivity contribution in [1.82, 2.24) is 9.55 Å². The van der Waals surface area contributed by atoms with Gasteiger partial charge >= 0.3 is 0 Å². The van der Waals surface area contributed by atoms with E-state index >= 15 is 0 Å². The molecule has 0 bridgehead atoms. The molecule has 4 aromatic rings. The summed E-state index contributed by atoms with van der Waals surface area (Å²) < 4.78 is 6.95. The zero-order chi connectivity index (χ0) is 22.0. The standard InChI is InChI=1S/C21H17Cl2N3O3S2/c1-2-13-9-14-19(31-13)25-21(26(20(14)28)10-12-5-4-8-29-12)30-11-17(27)24-18-15(22)6-3-7-16(18)23/h3-9H,2,10-11H2,1H3,(H,24,27). The van der Waals surface area contributed by atoms with Crippen LogP contribution in [-0.4, -0.2) is 21.2 Å². The molecule has 0 unspecified atom stereocenters. The molecule has 4 rings (SSSR count). The first-order valence-electron chi connectivity index (χ1n) is 9.38. The van der Waals surface area contributed by atoms with Crippen LogP contribution in [0.4, 0.5) is 5.69 Å². The van der Waals surface area contributed by atoms with Crippen LogP contribution in [0, 0.1) is 0 Å². The Hall–Kier alpha value is -2.26. The van der Waals surface area contributed by atoms with Gasteiger partial charge in [-0.1, -0.05) is 48.0 Å². The summed E-state index contributed by atoms with van der Waals surface area (Å²) >= 11 is 14.9. The number of halogens is 2. The van der Waals surface area contributed by atoms with Gasteiger partial charge in [-0.25, -0.2) is 4.98 Å². The number of carbonyl (C=O) groups is 1. The Morgan fingerprint density at radius 1 is 1.26 bits per heavy atom. The van der Waals surface area contributed by atoms with E-state index in [0.29, 0.717) is 36.9 Å². The van der Waals surface area contributed by atoms with E-state index in [1.54, 1.807) is 36.6 Å². The van der Waals surface area contributed by atoms with Gasteiger partial charge in [-0.15, -0.1) is 11.3 Å². The van der Waals surface area contributed by atoms with Gasteiger partial charge in [-0.05, 0) is 36.8 Å². The first-order chi connectivity index (χ1) is 15.0. The Balaban J connectivity index is 1.62. The Bertz CT molecular complexity index is 1280. The molecule has 160 valence electrons. The number of para-hydroxylation sites is 1. The number of carbonyl (C=O) groups excluding carboxylic acids is 1. The molecule has 0 spiro atoms. The average molecular weight is 494 g/mol. The molecule has 0 atom stereocenters. The van der Waals surface area contributed by atoms with Crippen molar-refractivity contribution in [3.05, 3.63) is 73.7 Å². The van der Waals surface area contributed by atoms with E-state index in [2.05, 4.69) is 10.3 Å². The number of furan rings is 1. The van der Waals surface area contributed by atoms with Crippen molar-refractivity contribution in [2.75, 3.05) is 11.1 Å². The van der Waals surface area contributed by atoms with Crippen molar-refractivity contribution in [3.8, 4) is 0 Å². The predicted octanol–water partition coefficient (Wildman–Crippen LogP) is 5.70. The van der Waals surface area contributed by atoms with E-state index in [0.717, 1.165) is 11.3 Å². The fraction of sp³-hybridized carbons (Fsp3) is 0.190. The molecular weight excluding hydrogens is 477 g/mol. The van der Waals surface area contributed by atoms with Crippen molar-refractivity contribution in [2.24, 2.45) is 0 Å². The van der Waals surface area contributed by atoms with Crippen LogP contribution < -0.4 is 10.9 Å². The Kier molecular flexibility index (Phi) is 6.71. The van der Waals surface area contributed by atoms with Gasteiger partial charge in [0.2, 0.25) is 5.91 Å². The van der Waals surface area contributed by atoms with Crippen LogP contribution >= 0.6 is 46.3 Å². The van der Waals surface area contributed by atoms with Crippen LogP contribution in [0.25, 0.3) is 10.2 Å². The van der Waals surface area contributed by atoms with Crippen LogP contribution in [-0.2, 0) is 17.8 Å². The van der Waals surface area contributed by atoms with Gasteiger partial charge in [0.05, 0.1) is 39.7 Å². The molecule has 0 radical (unpaired) electrons. The summed E-state index contributed by atoms with van der Waals surface area (Å²) in [6.07, 6.45) is 2.38. The minimum absolute atomic E-state index is 0.0314. The molecule has 0 aliphatic carbocycles. The summed E-state index contributed by atoms with van der Waals surface area (Å²) in [5.74, 6) is 0.353. The van der Waals surface area contributed by atoms with Gasteiger partial charge in [-0.3, -0.25) is 14.2 Å². The van der Waals surface area contributed by atoms with E-state index in [4.69, 9.17) is 27.6 Å². The number of rotatable bonds is 7. The number of anilines is 1. The van der Waals surface area contributed by atoms with Crippen LogP contribution in [0.1, 0.15) is 17.6 Å². The summed E-state index contributed by atoms with van der Waals surface area (Å²) in [4.78, 5) is 32.1. The zero-order valence-corrected chi connectivity index (χ0v) is 19.5. The highest BCUT2D eigenvalue weighted by Crippen LogP contribution is 2.30. The van der Waals surface area contributed by atoms with Crippen LogP contribution in [0.15, 0.2) is 57.0 Å². The first-order valence-corrected chi connectivity index (χ1v) is 11.9. The van der Waals surface area contributed by atoms with Crippen LogP contribution in [0.2, 0.25) is 10.0 Å². The molecule has 1 amide bonds. The molecule has 0 saturated carbocycles. The number of nitrogens with zero attached hydrogens (tertiary/aromatic N) is 2. The van der Waals surface area contributed by atoms with Crippen LogP contribution in [0.3, 0.4) is 0 Å². The molecular formula is C21H17Cl2N3O3S2. The maximum absolute atomic E-state index is 13.2. The number of thioether (sulfide) groups is 1. The molecule has 1 aromatic carbocycles. The molecule has 0 saturated heterocycles. The fourth-order valence-corrected chi connectivity index (χ4v) is 5.25. The summed E-state index contributed by atoms with van der Waals surface area (Å²) in [6.45, 7) is 2.26. The minimum atomic E-state index is -0.306. The summed E-state index contributed by atoms with van der Waals surface area (Å²) in [5.41, 5.74) is 0.202. The normalized spacial score (nSPS) is 11.2. The van der Waals surface area contributed by atoms with Gasteiger partial charge in [0.1, 0.15) is 10.6 Å². The molecule has 0 aliphatic heterocycles. The second-order valence-corrected chi connectivity index (χ2v) is 9.46. The maximum Gasteiger partial charge on any atom is 0.263 e. The maximum atomic E-state index is 13.2. The highest BCUT2D eigenvalue weighted by molar-refractivity contribution is 7.99. The summed E-state index contributed by atoms with van der Waals surface area (Å²) in [6, 6.07) is 10.4. The molecule has 6 nitrogen and oxygen atoms in total. The van der Waals surface area contributed by atoms with Gasteiger partial charge in [0, 0.05) is 4.88 Å². The van der Waals surface area contributed by atoms with Crippen molar-refractivity contribution in [1.29, 1.82) is 0 Å². The van der Waals surface area contributed by atoms with Gasteiger partial charge in [0.25, 0.3) is 5.56 Å². The van der Waals surface area contributed by atoms with Crippen molar-refractivity contribution in [2.45, 2.75) is 25.0 Å². The van der Waals surface area contributed by atoms with Gasteiger partial charge in [-0.2, -0.15) is 0 Å². The topological polar surface area (TPSA) is 77.1 Å². The number of amides is 1. The van der Waals surface area contributed by atoms with E-state index in [9.17, 15) is 9.59 Å². The molecule has 31 heavy (non-hydrogen) atoms. The summed E-state index contributed by atoms with van der Waals surface area (Å²) in [5, 5.41) is 4.45. The third-order valence-electron chi connectivity index (χ3n) is 4.47. The monoisotopic (exact) mass is 493 g/mol. The zero-order valence-electron chi connectivity index (χ0n) is 16.4. The van der Waals surface area contributed by atoms with E-state index < -0.39 is 0 Å². The van der Waals surface area contributed by atoms with Crippen LogP contribution in [0.5, 0.6) is 0 Å². The Labute approximate surface area is 196 Å². The first kappa shape index (κ1) is 22.0. The molecule has 0 aliphatic rings. The summed E-state index contributed by atoms with van der Waals surface area (Å²) in [7, 11) is 0. The third-order valence-corrected chi connectivity index (χ3v) is 7.25. The van der Waals surface area contributed by atoms with Crippen molar-refractivity contribution in [3.63, 3.8) is 0 Å². The number of aryl methyl sites for hydroxylation is 1. The molecule has 3 heterocycles. The third kappa shape index (κ3) is 4.82. The van der Waals surface area contributed by atoms with E-state index in [1.807, 2.05) is 13.0 Å². The number of benzene rings is 1. The van der Waals surface area contributed by atoms with Crippen molar-refractivity contribution < 1.29 is 9.21 Å². The van der Waals surface area contributed by atoms with Crippen molar-refractivity contribution >= 4 is 68.1 Å². The Morgan fingerprint density at radius 2 is 2.03 bits per heavy atom. The lowest BCUT2D eigenvalue weighted by Crippen LogP contribution is -2.24. The van der Waals surface area contributed by atoms with E-state index in [1.165, 1.54) is 27.7 Å². The SMILES string of the molecule is CCc1cc2c(=O)n(Cc3ccco3)c(SCC(=O)Nc3c(Cl)cccc3Cl)nc2s1. The highest BCUT2D eigenvalue weighted by atomic mass is 35.5. The number of hydrogen-bond acceptors (Lipinski definition) is 6. The molecule has 10 heteroatoms. The minimum Gasteiger partial charge on any atom is -0.467 e. The number of aromatic nitrogens is 2. The second-order valence-electron chi connectivity index (χ2n) is 6.58. The average Bonchev–Trinajstić information content (AvgIpc) is 3.41. The quantitative estimate of drug-likeness (QED) is 0.264. The molecule has 3 aromatic heterocycles.